The van der Waals surface area contributed by atoms with E-state index in [0.29, 0.717) is 11.5 Å². The number of hydrogen-bond acceptors (Lipinski definition) is 5. The Hall–Kier alpha value is -3.02. The van der Waals surface area contributed by atoms with Crippen LogP contribution in [0.1, 0.15) is 41.3 Å². The number of allylic oxidation sites excluding steroid dienone is 1. The maximum absolute atomic E-state index is 12.2. The third-order valence-corrected chi connectivity index (χ3v) is 3.58. The smallest absolute Gasteiger partial charge is 0.332 e. The van der Waals surface area contributed by atoms with E-state index in [1.807, 2.05) is 32.0 Å². The number of hydrogen-bond donors (Lipinski definition) is 1. The lowest BCUT2D eigenvalue weighted by atomic mass is 10.1. The van der Waals surface area contributed by atoms with Crippen LogP contribution >= 0.6 is 0 Å². The molecule has 1 heterocycles. The van der Waals surface area contributed by atoms with E-state index in [2.05, 4.69) is 5.32 Å². The molecule has 1 amide bonds. The van der Waals surface area contributed by atoms with Gasteiger partial charge in [0.05, 0.1) is 6.61 Å². The van der Waals surface area contributed by atoms with Crippen LogP contribution in [-0.4, -0.2) is 18.5 Å². The number of ether oxygens (including phenoxy) is 2. The molecule has 0 aliphatic carbocycles. The minimum absolute atomic E-state index is 0.140. The molecule has 0 fully saturated rings. The van der Waals surface area contributed by atoms with Gasteiger partial charge in [-0.15, -0.1) is 0 Å². The largest absolute Gasteiger partial charge is 0.485 e. The fraction of sp³-hybridized carbons (Fsp3) is 0.300. The summed E-state index contributed by atoms with van der Waals surface area (Å²) in [4.78, 5) is 23.5. The lowest BCUT2D eigenvalue weighted by Gasteiger charge is -2.10. The Balaban J connectivity index is 1.96. The van der Waals surface area contributed by atoms with E-state index >= 15 is 0 Å². The highest BCUT2D eigenvalue weighted by atomic mass is 16.5. The van der Waals surface area contributed by atoms with Crippen molar-refractivity contribution in [1.82, 2.24) is 5.32 Å². The Morgan fingerprint density at radius 1 is 1.15 bits per heavy atom. The van der Waals surface area contributed by atoms with E-state index < -0.39 is 11.9 Å². The minimum Gasteiger partial charge on any atom is -0.485 e. The molecule has 1 aromatic heterocycles. The number of carbonyl (C=O) groups is 2. The zero-order valence-corrected chi connectivity index (χ0v) is 15.4. The van der Waals surface area contributed by atoms with Gasteiger partial charge >= 0.3 is 5.97 Å². The van der Waals surface area contributed by atoms with Gasteiger partial charge in [-0.05, 0) is 51.0 Å². The van der Waals surface area contributed by atoms with Crippen molar-refractivity contribution < 1.29 is 23.5 Å². The first-order valence-corrected chi connectivity index (χ1v) is 8.34. The summed E-state index contributed by atoms with van der Waals surface area (Å²) in [7, 11) is 0. The van der Waals surface area contributed by atoms with Crippen LogP contribution in [0.15, 0.2) is 46.5 Å². The Bertz CT molecular complexity index is 799. The summed E-state index contributed by atoms with van der Waals surface area (Å²) in [5, 5.41) is 2.58. The lowest BCUT2D eigenvalue weighted by molar-refractivity contribution is -0.137. The van der Waals surface area contributed by atoms with Gasteiger partial charge < -0.3 is 19.2 Å². The Kier molecular flexibility index (Phi) is 6.60. The number of nitrogens with one attached hydrogen (secondary N) is 1. The second-order valence-electron chi connectivity index (χ2n) is 5.81. The molecule has 1 aromatic carbocycles. The lowest BCUT2D eigenvalue weighted by Crippen LogP contribution is -2.21. The van der Waals surface area contributed by atoms with Crippen molar-refractivity contribution >= 4 is 11.9 Å². The molecule has 0 unspecified atom stereocenters. The summed E-state index contributed by atoms with van der Waals surface area (Å²) in [6.45, 7) is 7.76. The number of aryl methyl sites for hydroxylation is 2. The molecule has 0 spiro atoms. The summed E-state index contributed by atoms with van der Waals surface area (Å²) >= 11 is 0. The quantitative estimate of drug-likeness (QED) is 0.604. The highest BCUT2D eigenvalue weighted by molar-refractivity contribution is 5.93. The Morgan fingerprint density at radius 2 is 1.85 bits per heavy atom. The average Bonchev–Trinajstić information content (AvgIpc) is 3.03. The maximum atomic E-state index is 12.2. The van der Waals surface area contributed by atoms with Crippen molar-refractivity contribution in [3.63, 3.8) is 0 Å². The van der Waals surface area contributed by atoms with Crippen molar-refractivity contribution in [2.75, 3.05) is 6.61 Å². The topological polar surface area (TPSA) is 77.8 Å². The van der Waals surface area contributed by atoms with Gasteiger partial charge in [0, 0.05) is 11.8 Å². The molecule has 0 bridgehead atoms. The summed E-state index contributed by atoms with van der Waals surface area (Å²) < 4.78 is 16.1. The Labute approximate surface area is 152 Å². The van der Waals surface area contributed by atoms with Gasteiger partial charge in [-0.3, -0.25) is 4.79 Å². The molecule has 138 valence electrons. The van der Waals surface area contributed by atoms with E-state index in [1.165, 1.54) is 6.08 Å². The number of amides is 1. The summed E-state index contributed by atoms with van der Waals surface area (Å²) in [6, 6.07) is 9.17. The standard InChI is InChI=1S/C20H23NO5/c1-5-24-18(22)11-15(4)21-20(23)17-10-9-16(26-17)12-25-19-13(2)7-6-8-14(19)3/h6-11H,5,12H2,1-4H3,(H,21,23)/b15-11+. The van der Waals surface area contributed by atoms with Crippen LogP contribution in [0.5, 0.6) is 5.75 Å². The summed E-state index contributed by atoms with van der Waals surface area (Å²) in [6.07, 6.45) is 1.22. The van der Waals surface area contributed by atoms with Crippen LogP contribution in [0.4, 0.5) is 0 Å². The zero-order chi connectivity index (χ0) is 19.1. The van der Waals surface area contributed by atoms with Crippen LogP contribution in [-0.2, 0) is 16.1 Å². The number of rotatable bonds is 7. The molecule has 0 saturated heterocycles. The van der Waals surface area contributed by atoms with Crippen molar-refractivity contribution in [1.29, 1.82) is 0 Å². The normalized spacial score (nSPS) is 11.2. The van der Waals surface area contributed by atoms with E-state index in [0.717, 1.165) is 16.9 Å². The molecule has 0 radical (unpaired) electrons. The molecule has 0 atom stereocenters. The average molecular weight is 357 g/mol. The molecule has 6 heteroatoms. The number of esters is 1. The third kappa shape index (κ3) is 5.24. The minimum atomic E-state index is -0.507. The summed E-state index contributed by atoms with van der Waals surface area (Å²) in [5.74, 6) is 0.531. The van der Waals surface area contributed by atoms with Gasteiger partial charge in [0.1, 0.15) is 18.1 Å². The molecule has 0 aliphatic rings. The second-order valence-corrected chi connectivity index (χ2v) is 5.81. The second kappa shape index (κ2) is 8.89. The molecule has 26 heavy (non-hydrogen) atoms. The van der Waals surface area contributed by atoms with Crippen molar-refractivity contribution in [2.24, 2.45) is 0 Å². The van der Waals surface area contributed by atoms with Crippen LogP contribution < -0.4 is 10.1 Å². The van der Waals surface area contributed by atoms with Gasteiger partial charge in [-0.1, -0.05) is 18.2 Å². The molecule has 2 rings (SSSR count). The third-order valence-electron chi connectivity index (χ3n) is 3.58. The highest BCUT2D eigenvalue weighted by Crippen LogP contribution is 2.23. The first kappa shape index (κ1) is 19.3. The van der Waals surface area contributed by atoms with Gasteiger partial charge in [-0.2, -0.15) is 0 Å². The number of para-hydroxylation sites is 1. The van der Waals surface area contributed by atoms with Crippen molar-refractivity contribution in [2.45, 2.75) is 34.3 Å². The fourth-order valence-corrected chi connectivity index (χ4v) is 2.39. The number of benzene rings is 1. The van der Waals surface area contributed by atoms with Crippen LogP contribution in [0.25, 0.3) is 0 Å². The number of carbonyl (C=O) groups excluding carboxylic acids is 2. The molecule has 6 nitrogen and oxygen atoms in total. The summed E-state index contributed by atoms with van der Waals surface area (Å²) in [5.41, 5.74) is 2.45. The molecule has 0 aliphatic heterocycles. The van der Waals surface area contributed by atoms with Crippen molar-refractivity contribution in [3.05, 3.63) is 64.8 Å². The van der Waals surface area contributed by atoms with Crippen LogP contribution in [0.3, 0.4) is 0 Å². The van der Waals surface area contributed by atoms with E-state index in [-0.39, 0.29) is 19.0 Å². The number of furan rings is 1. The van der Waals surface area contributed by atoms with Gasteiger partial charge in [0.15, 0.2) is 5.76 Å². The van der Waals surface area contributed by atoms with Crippen molar-refractivity contribution in [3.8, 4) is 5.75 Å². The van der Waals surface area contributed by atoms with E-state index in [1.54, 1.807) is 26.0 Å². The first-order valence-electron chi connectivity index (χ1n) is 8.34. The van der Waals surface area contributed by atoms with E-state index in [4.69, 9.17) is 13.9 Å². The molecular formula is C20H23NO5. The van der Waals surface area contributed by atoms with Gasteiger partial charge in [-0.25, -0.2) is 4.79 Å². The molecule has 1 N–H and O–H groups in total. The van der Waals surface area contributed by atoms with Crippen LogP contribution in [0.2, 0.25) is 0 Å². The van der Waals surface area contributed by atoms with Crippen LogP contribution in [0, 0.1) is 13.8 Å². The molecule has 0 saturated carbocycles. The predicted molar refractivity (Wildman–Crippen MR) is 96.8 cm³/mol. The van der Waals surface area contributed by atoms with Gasteiger partial charge in [0.25, 0.3) is 5.91 Å². The highest BCUT2D eigenvalue weighted by Gasteiger charge is 2.13. The predicted octanol–water partition coefficient (Wildman–Crippen LogP) is 3.67. The molecular weight excluding hydrogens is 334 g/mol. The first-order chi connectivity index (χ1) is 12.4. The maximum Gasteiger partial charge on any atom is 0.332 e. The SMILES string of the molecule is CCOC(=O)/C=C(\C)NC(=O)c1ccc(COc2c(C)cccc2C)o1. The monoisotopic (exact) mass is 357 g/mol. The van der Waals surface area contributed by atoms with Gasteiger partial charge in [0.2, 0.25) is 0 Å². The molecule has 2 aromatic rings. The van der Waals surface area contributed by atoms with E-state index in [9.17, 15) is 9.59 Å². The zero-order valence-electron chi connectivity index (χ0n) is 15.4. The Morgan fingerprint density at radius 3 is 2.50 bits per heavy atom. The fourth-order valence-electron chi connectivity index (χ4n) is 2.39.